The molecule has 3 heterocycles. The minimum atomic E-state index is -0.724. The smallest absolute Gasteiger partial charge is 0.330 e. The fourth-order valence-electron chi connectivity index (χ4n) is 4.13. The highest BCUT2D eigenvalue weighted by atomic mass is 35.5. The zero-order valence-electron chi connectivity index (χ0n) is 18.3. The molecule has 9 nitrogen and oxygen atoms in total. The monoisotopic (exact) mass is 458 g/mol. The molecule has 1 saturated heterocycles. The minimum Gasteiger partial charge on any atom is -0.339 e. The first-order chi connectivity index (χ1) is 15.1. The van der Waals surface area contributed by atoms with E-state index in [-0.39, 0.29) is 18.0 Å². The van der Waals surface area contributed by atoms with Crippen LogP contribution in [-0.4, -0.2) is 62.5 Å². The van der Waals surface area contributed by atoms with Crippen LogP contribution in [0.15, 0.2) is 36.7 Å². The Bertz CT molecular complexity index is 1030. The molecule has 32 heavy (non-hydrogen) atoms. The third-order valence-corrected chi connectivity index (χ3v) is 6.14. The molecule has 2 N–H and O–H groups in total. The maximum atomic E-state index is 13.4. The number of fused-ring (bicyclic) bond motifs is 1. The second-order valence-electron chi connectivity index (χ2n) is 9.26. The molecule has 0 radical (unpaired) electrons. The van der Waals surface area contributed by atoms with Gasteiger partial charge in [-0.3, -0.25) is 9.36 Å². The number of amides is 4. The van der Waals surface area contributed by atoms with Gasteiger partial charge in [-0.05, 0) is 36.1 Å². The van der Waals surface area contributed by atoms with Crippen LogP contribution in [0.4, 0.5) is 15.3 Å². The number of nitrogens with one attached hydrogen (secondary N) is 2. The Hall–Kier alpha value is -3.07. The van der Waals surface area contributed by atoms with Crippen molar-refractivity contribution in [1.29, 1.82) is 0 Å². The maximum absolute atomic E-state index is 13.4. The predicted molar refractivity (Wildman–Crippen MR) is 120 cm³/mol. The quantitative estimate of drug-likeness (QED) is 0.735. The molecule has 2 aromatic rings. The molecule has 1 aromatic carbocycles. The minimum absolute atomic E-state index is 0.0725. The van der Waals surface area contributed by atoms with E-state index in [9.17, 15) is 14.4 Å². The van der Waals surface area contributed by atoms with Crippen molar-refractivity contribution in [1.82, 2.24) is 24.7 Å². The van der Waals surface area contributed by atoms with Gasteiger partial charge in [0.2, 0.25) is 5.91 Å². The number of anilines is 1. The van der Waals surface area contributed by atoms with Crippen LogP contribution in [0.3, 0.4) is 0 Å². The zero-order chi connectivity index (χ0) is 23.0. The normalized spacial score (nSPS) is 19.1. The molecule has 1 unspecified atom stereocenters. The van der Waals surface area contributed by atoms with Gasteiger partial charge < -0.3 is 20.4 Å². The summed E-state index contributed by atoms with van der Waals surface area (Å²) in [5.74, 6) is 0.559. The van der Waals surface area contributed by atoms with Crippen molar-refractivity contribution in [3.05, 3.63) is 47.5 Å². The lowest BCUT2D eigenvalue weighted by Crippen LogP contribution is -2.55. The van der Waals surface area contributed by atoms with E-state index in [4.69, 9.17) is 11.6 Å². The number of carbonyl (C=O) groups excluding carboxylic acids is 3. The van der Waals surface area contributed by atoms with E-state index in [2.05, 4.69) is 15.6 Å². The number of benzene rings is 1. The number of halogens is 1. The van der Waals surface area contributed by atoms with Gasteiger partial charge in [0.25, 0.3) is 0 Å². The van der Waals surface area contributed by atoms with Gasteiger partial charge in [-0.2, -0.15) is 0 Å². The van der Waals surface area contributed by atoms with Crippen molar-refractivity contribution >= 4 is 35.3 Å². The zero-order valence-corrected chi connectivity index (χ0v) is 19.1. The lowest BCUT2D eigenvalue weighted by Gasteiger charge is -2.33. The summed E-state index contributed by atoms with van der Waals surface area (Å²) in [5, 5.41) is 6.14. The van der Waals surface area contributed by atoms with Crippen molar-refractivity contribution in [3.8, 4) is 0 Å². The highest BCUT2D eigenvalue weighted by Gasteiger charge is 2.42. The van der Waals surface area contributed by atoms with E-state index >= 15 is 0 Å². The first kappa shape index (κ1) is 22.1. The second-order valence-corrected chi connectivity index (χ2v) is 9.69. The van der Waals surface area contributed by atoms with Crippen LogP contribution < -0.4 is 10.6 Å². The van der Waals surface area contributed by atoms with Gasteiger partial charge >= 0.3 is 12.1 Å². The van der Waals surface area contributed by atoms with Crippen LogP contribution in [0, 0.1) is 5.41 Å². The molecule has 0 aliphatic carbocycles. The Morgan fingerprint density at radius 1 is 1.22 bits per heavy atom. The van der Waals surface area contributed by atoms with Crippen LogP contribution in [0.25, 0.3) is 0 Å². The van der Waals surface area contributed by atoms with Gasteiger partial charge in [-0.1, -0.05) is 32.4 Å². The van der Waals surface area contributed by atoms with E-state index in [1.807, 2.05) is 20.8 Å². The van der Waals surface area contributed by atoms with Crippen molar-refractivity contribution in [3.63, 3.8) is 0 Å². The Morgan fingerprint density at radius 2 is 1.94 bits per heavy atom. The summed E-state index contributed by atoms with van der Waals surface area (Å²) in [7, 11) is 0. The first-order valence-electron chi connectivity index (χ1n) is 10.6. The SMILES string of the molecule is CC(C)(C)[C@@H](NC(=O)Nc1ccc(Cl)cc1)C(=O)N1CCC(N2Cc3nccn3C2=O)C1. The third kappa shape index (κ3) is 4.43. The van der Waals surface area contributed by atoms with Crippen molar-refractivity contribution in [2.24, 2.45) is 5.41 Å². The van der Waals surface area contributed by atoms with Crippen LogP contribution in [-0.2, 0) is 11.3 Å². The number of aromatic nitrogens is 2. The number of hydrogen-bond donors (Lipinski definition) is 2. The van der Waals surface area contributed by atoms with Gasteiger partial charge in [0.05, 0.1) is 12.6 Å². The van der Waals surface area contributed by atoms with Crippen LogP contribution in [0.1, 0.15) is 33.0 Å². The summed E-state index contributed by atoms with van der Waals surface area (Å²) in [4.78, 5) is 46.3. The largest absolute Gasteiger partial charge is 0.339 e. The molecule has 4 rings (SSSR count). The predicted octanol–water partition coefficient (Wildman–Crippen LogP) is 3.16. The summed E-state index contributed by atoms with van der Waals surface area (Å²) in [6, 6.07) is 5.38. The molecule has 10 heteroatoms. The summed E-state index contributed by atoms with van der Waals surface area (Å²) in [6.07, 6.45) is 3.97. The molecule has 2 aliphatic rings. The van der Waals surface area contributed by atoms with Gasteiger partial charge in [-0.15, -0.1) is 0 Å². The van der Waals surface area contributed by atoms with Gasteiger partial charge in [0, 0.05) is 36.2 Å². The Labute approximate surface area is 191 Å². The molecule has 2 atom stereocenters. The van der Waals surface area contributed by atoms with Crippen molar-refractivity contribution < 1.29 is 14.4 Å². The standard InChI is InChI=1S/C22H27ClN6O3/c1-22(2,3)18(26-20(31)25-15-6-4-14(23)5-7-15)19(30)27-10-8-16(12-27)29-13-17-24-9-11-28(17)21(29)32/h4-7,9,11,16,18H,8,10,12-13H2,1-3H3,(H2,25,26,31)/t16?,18-/m0/s1. The molecule has 1 fully saturated rings. The number of likely N-dealkylation sites (tertiary alicyclic amines) is 1. The van der Waals surface area contributed by atoms with E-state index in [1.165, 1.54) is 0 Å². The number of urea groups is 1. The van der Waals surface area contributed by atoms with Gasteiger partial charge in [0.1, 0.15) is 11.9 Å². The Balaban J connectivity index is 1.40. The fraction of sp³-hybridized carbons (Fsp3) is 0.455. The number of hydrogen-bond acceptors (Lipinski definition) is 4. The molecule has 1 aromatic heterocycles. The molecule has 2 aliphatic heterocycles. The van der Waals surface area contributed by atoms with Gasteiger partial charge in [-0.25, -0.2) is 14.6 Å². The maximum Gasteiger partial charge on any atom is 0.330 e. The van der Waals surface area contributed by atoms with Crippen molar-refractivity contribution in [2.45, 2.75) is 45.8 Å². The molecular formula is C22H27ClN6O3. The first-order valence-corrected chi connectivity index (χ1v) is 11.0. The van der Waals surface area contributed by atoms with E-state index in [0.717, 1.165) is 0 Å². The summed E-state index contributed by atoms with van der Waals surface area (Å²) >= 11 is 5.89. The van der Waals surface area contributed by atoms with Crippen LogP contribution >= 0.6 is 11.6 Å². The topological polar surface area (TPSA) is 99.6 Å². The van der Waals surface area contributed by atoms with E-state index < -0.39 is 17.5 Å². The molecule has 4 amide bonds. The highest BCUT2D eigenvalue weighted by Crippen LogP contribution is 2.27. The van der Waals surface area contributed by atoms with Gasteiger partial charge in [0.15, 0.2) is 0 Å². The van der Waals surface area contributed by atoms with E-state index in [1.54, 1.807) is 51.0 Å². The number of carbonyl (C=O) groups is 3. The molecular weight excluding hydrogens is 432 g/mol. The number of rotatable bonds is 4. The Morgan fingerprint density at radius 3 is 2.59 bits per heavy atom. The Kier molecular flexibility index (Phi) is 5.85. The lowest BCUT2D eigenvalue weighted by molar-refractivity contribution is -0.134. The average molecular weight is 459 g/mol. The second kappa shape index (κ2) is 8.46. The molecule has 170 valence electrons. The fourth-order valence-corrected chi connectivity index (χ4v) is 4.25. The molecule has 0 saturated carbocycles. The summed E-state index contributed by atoms with van der Waals surface area (Å²) < 4.78 is 1.55. The van der Waals surface area contributed by atoms with E-state index in [0.29, 0.717) is 42.6 Å². The van der Waals surface area contributed by atoms with Crippen LogP contribution in [0.5, 0.6) is 0 Å². The molecule has 0 bridgehead atoms. The highest BCUT2D eigenvalue weighted by molar-refractivity contribution is 6.30. The number of nitrogens with zero attached hydrogens (tertiary/aromatic N) is 4. The number of imidazole rings is 1. The summed E-state index contributed by atoms with van der Waals surface area (Å²) in [5.41, 5.74) is 0.0800. The third-order valence-electron chi connectivity index (χ3n) is 5.89. The van der Waals surface area contributed by atoms with Crippen molar-refractivity contribution in [2.75, 3.05) is 18.4 Å². The van der Waals surface area contributed by atoms with Crippen LogP contribution in [0.2, 0.25) is 5.02 Å². The average Bonchev–Trinajstić information content (AvgIpc) is 3.44. The lowest BCUT2D eigenvalue weighted by atomic mass is 9.86. The molecule has 0 spiro atoms. The summed E-state index contributed by atoms with van der Waals surface area (Å²) in [6.45, 7) is 7.14.